The number of nitrogens with one attached hydrogen (secondary N) is 1. The lowest BCUT2D eigenvalue weighted by Crippen LogP contribution is -2.35. The third-order valence-corrected chi connectivity index (χ3v) is 4.57. The maximum absolute atomic E-state index is 10.6. The zero-order valence-electron chi connectivity index (χ0n) is 12.4. The quantitative estimate of drug-likeness (QED) is 0.867. The van der Waals surface area contributed by atoms with Crippen LogP contribution in [0.4, 0.5) is 0 Å². The molecule has 3 heteroatoms. The number of carboxylic acids is 1. The van der Waals surface area contributed by atoms with E-state index < -0.39 is 5.97 Å². The van der Waals surface area contributed by atoms with E-state index in [2.05, 4.69) is 19.2 Å². The van der Waals surface area contributed by atoms with Gasteiger partial charge in [0.2, 0.25) is 0 Å². The van der Waals surface area contributed by atoms with E-state index in [1.807, 2.05) is 24.3 Å². The Bertz CT molecular complexity index is 441. The number of rotatable bonds is 5. The van der Waals surface area contributed by atoms with E-state index in [-0.39, 0.29) is 6.42 Å². The Morgan fingerprint density at radius 1 is 1.15 bits per heavy atom. The van der Waals surface area contributed by atoms with Crippen molar-refractivity contribution in [2.45, 2.75) is 52.1 Å². The lowest BCUT2D eigenvalue weighted by molar-refractivity contribution is -0.136. The SMILES string of the molecule is CC1CCC(NCc2ccc(CC(=O)O)cc2)CC1C. The average molecular weight is 275 g/mol. The summed E-state index contributed by atoms with van der Waals surface area (Å²) < 4.78 is 0. The molecule has 0 radical (unpaired) electrons. The molecule has 0 aliphatic heterocycles. The molecule has 3 atom stereocenters. The molecular weight excluding hydrogens is 250 g/mol. The first kappa shape index (κ1) is 15.0. The minimum absolute atomic E-state index is 0.103. The molecule has 1 saturated carbocycles. The lowest BCUT2D eigenvalue weighted by Gasteiger charge is -2.32. The fourth-order valence-corrected chi connectivity index (χ4v) is 2.94. The highest BCUT2D eigenvalue weighted by Crippen LogP contribution is 2.29. The molecule has 2 N–H and O–H groups in total. The van der Waals surface area contributed by atoms with E-state index in [9.17, 15) is 4.79 Å². The van der Waals surface area contributed by atoms with Gasteiger partial charge in [-0.25, -0.2) is 0 Å². The Labute approximate surface area is 121 Å². The molecular formula is C17H25NO2. The minimum atomic E-state index is -0.777. The van der Waals surface area contributed by atoms with Gasteiger partial charge in [0, 0.05) is 12.6 Å². The van der Waals surface area contributed by atoms with Gasteiger partial charge in [0.25, 0.3) is 0 Å². The van der Waals surface area contributed by atoms with E-state index >= 15 is 0 Å². The van der Waals surface area contributed by atoms with Crippen molar-refractivity contribution in [3.8, 4) is 0 Å². The normalized spacial score (nSPS) is 26.4. The third-order valence-electron chi connectivity index (χ3n) is 4.57. The summed E-state index contributed by atoms with van der Waals surface area (Å²) in [5.74, 6) is 0.878. The van der Waals surface area contributed by atoms with E-state index in [4.69, 9.17) is 5.11 Å². The summed E-state index contributed by atoms with van der Waals surface area (Å²) in [6.07, 6.45) is 3.95. The summed E-state index contributed by atoms with van der Waals surface area (Å²) in [6, 6.07) is 8.51. The van der Waals surface area contributed by atoms with E-state index in [0.29, 0.717) is 6.04 Å². The lowest BCUT2D eigenvalue weighted by atomic mass is 9.79. The Morgan fingerprint density at radius 3 is 2.40 bits per heavy atom. The van der Waals surface area contributed by atoms with Crippen molar-refractivity contribution in [2.75, 3.05) is 0 Å². The first-order chi connectivity index (χ1) is 9.54. The summed E-state index contributed by atoms with van der Waals surface area (Å²) in [7, 11) is 0. The molecule has 1 aromatic carbocycles. The third kappa shape index (κ3) is 4.34. The van der Waals surface area contributed by atoms with E-state index in [1.165, 1.54) is 24.8 Å². The van der Waals surface area contributed by atoms with Crippen molar-refractivity contribution < 1.29 is 9.90 Å². The Morgan fingerprint density at radius 2 is 1.80 bits per heavy atom. The van der Waals surface area contributed by atoms with Gasteiger partial charge in [-0.05, 0) is 42.2 Å². The zero-order valence-corrected chi connectivity index (χ0v) is 12.4. The Kier molecular flexibility index (Phi) is 5.18. The summed E-state index contributed by atoms with van der Waals surface area (Å²) in [6.45, 7) is 5.57. The van der Waals surface area contributed by atoms with Gasteiger partial charge in [-0.3, -0.25) is 4.79 Å². The predicted octanol–water partition coefficient (Wildman–Crippen LogP) is 3.23. The van der Waals surface area contributed by atoms with Crippen molar-refractivity contribution in [1.82, 2.24) is 5.32 Å². The van der Waals surface area contributed by atoms with Crippen LogP contribution in [0.3, 0.4) is 0 Å². The number of carbonyl (C=O) groups is 1. The smallest absolute Gasteiger partial charge is 0.307 e. The summed E-state index contributed by atoms with van der Waals surface area (Å²) >= 11 is 0. The first-order valence-electron chi connectivity index (χ1n) is 7.57. The molecule has 3 unspecified atom stereocenters. The maximum atomic E-state index is 10.6. The molecule has 2 rings (SSSR count). The summed E-state index contributed by atoms with van der Waals surface area (Å²) in [4.78, 5) is 10.6. The van der Waals surface area contributed by atoms with Crippen molar-refractivity contribution in [3.63, 3.8) is 0 Å². The zero-order chi connectivity index (χ0) is 14.5. The monoisotopic (exact) mass is 275 g/mol. The molecule has 0 amide bonds. The maximum Gasteiger partial charge on any atom is 0.307 e. The summed E-state index contributed by atoms with van der Waals surface area (Å²) in [5, 5.41) is 12.4. The molecule has 1 fully saturated rings. The van der Waals surface area contributed by atoms with Gasteiger partial charge in [-0.15, -0.1) is 0 Å². The fraction of sp³-hybridized carbons (Fsp3) is 0.588. The first-order valence-corrected chi connectivity index (χ1v) is 7.57. The van der Waals surface area contributed by atoms with Gasteiger partial charge < -0.3 is 10.4 Å². The van der Waals surface area contributed by atoms with Gasteiger partial charge in [-0.1, -0.05) is 38.1 Å². The Hall–Kier alpha value is -1.35. The number of carboxylic acid groups (broad SMARTS) is 1. The number of aliphatic carboxylic acids is 1. The van der Waals surface area contributed by atoms with Crippen LogP contribution in [0.15, 0.2) is 24.3 Å². The van der Waals surface area contributed by atoms with E-state index in [1.54, 1.807) is 0 Å². The topological polar surface area (TPSA) is 49.3 Å². The molecule has 0 aromatic heterocycles. The minimum Gasteiger partial charge on any atom is -0.481 e. The molecule has 0 bridgehead atoms. The second-order valence-corrected chi connectivity index (χ2v) is 6.23. The van der Waals surface area contributed by atoms with Crippen LogP contribution in [-0.4, -0.2) is 17.1 Å². The largest absolute Gasteiger partial charge is 0.481 e. The van der Waals surface area contributed by atoms with Crippen LogP contribution in [0.25, 0.3) is 0 Å². The second-order valence-electron chi connectivity index (χ2n) is 6.23. The van der Waals surface area contributed by atoms with Crippen LogP contribution in [0.5, 0.6) is 0 Å². The van der Waals surface area contributed by atoms with Gasteiger partial charge in [0.1, 0.15) is 0 Å². The van der Waals surface area contributed by atoms with Crippen LogP contribution in [0, 0.1) is 11.8 Å². The molecule has 20 heavy (non-hydrogen) atoms. The van der Waals surface area contributed by atoms with Crippen LogP contribution in [-0.2, 0) is 17.8 Å². The summed E-state index contributed by atoms with van der Waals surface area (Å²) in [5.41, 5.74) is 2.09. The fourth-order valence-electron chi connectivity index (χ4n) is 2.94. The molecule has 0 spiro atoms. The molecule has 1 aromatic rings. The van der Waals surface area contributed by atoms with Crippen molar-refractivity contribution in [1.29, 1.82) is 0 Å². The number of benzene rings is 1. The molecule has 3 nitrogen and oxygen atoms in total. The molecule has 110 valence electrons. The van der Waals surface area contributed by atoms with Crippen molar-refractivity contribution in [3.05, 3.63) is 35.4 Å². The molecule has 1 aliphatic carbocycles. The van der Waals surface area contributed by atoms with Crippen molar-refractivity contribution >= 4 is 5.97 Å². The highest BCUT2D eigenvalue weighted by Gasteiger charge is 2.23. The van der Waals surface area contributed by atoms with Crippen molar-refractivity contribution in [2.24, 2.45) is 11.8 Å². The van der Waals surface area contributed by atoms with Gasteiger partial charge >= 0.3 is 5.97 Å². The van der Waals surface area contributed by atoms with E-state index in [0.717, 1.165) is 23.9 Å². The highest BCUT2D eigenvalue weighted by atomic mass is 16.4. The average Bonchev–Trinajstić information content (AvgIpc) is 2.41. The van der Waals surface area contributed by atoms with Crippen LogP contribution in [0.1, 0.15) is 44.2 Å². The second kappa shape index (κ2) is 6.89. The number of hydrogen-bond acceptors (Lipinski definition) is 2. The highest BCUT2D eigenvalue weighted by molar-refractivity contribution is 5.70. The molecule has 1 aliphatic rings. The van der Waals surface area contributed by atoms with Crippen LogP contribution < -0.4 is 5.32 Å². The predicted molar refractivity (Wildman–Crippen MR) is 80.6 cm³/mol. The van der Waals surface area contributed by atoms with Gasteiger partial charge in [-0.2, -0.15) is 0 Å². The Balaban J connectivity index is 1.80. The van der Waals surface area contributed by atoms with Crippen LogP contribution in [0.2, 0.25) is 0 Å². The van der Waals surface area contributed by atoms with Gasteiger partial charge in [0.15, 0.2) is 0 Å². The molecule has 0 saturated heterocycles. The van der Waals surface area contributed by atoms with Gasteiger partial charge in [0.05, 0.1) is 6.42 Å². The number of hydrogen-bond donors (Lipinski definition) is 2. The molecule has 0 heterocycles. The standard InChI is InChI=1S/C17H25NO2/c1-12-3-8-16(9-13(12)2)18-11-15-6-4-14(5-7-15)10-17(19)20/h4-7,12-13,16,18H,3,8-11H2,1-2H3,(H,19,20). The van der Waals surface area contributed by atoms with Crippen LogP contribution >= 0.6 is 0 Å².